The first-order valence-electron chi connectivity index (χ1n) is 11.7. The molecule has 0 heterocycles. The second-order valence-corrected chi connectivity index (χ2v) is 8.89. The Labute approximate surface area is 190 Å². The van der Waals surface area contributed by atoms with E-state index < -0.39 is 0 Å². The normalized spacial score (nSPS) is 16.1. The van der Waals surface area contributed by atoms with Gasteiger partial charge in [-0.15, -0.1) is 0 Å². The molecule has 1 heteroatoms. The van der Waals surface area contributed by atoms with Crippen LogP contribution in [0.5, 0.6) is 0 Å². The van der Waals surface area contributed by atoms with Crippen molar-refractivity contribution in [1.82, 2.24) is 0 Å². The fourth-order valence-electron chi connectivity index (χ4n) is 5.66. The predicted molar refractivity (Wildman–Crippen MR) is 134 cm³/mol. The van der Waals surface area contributed by atoms with Gasteiger partial charge >= 0.3 is 0 Å². The molecule has 4 aromatic carbocycles. The molecular formula is C31H27N. The van der Waals surface area contributed by atoms with E-state index in [1.807, 2.05) is 0 Å². The Morgan fingerprint density at radius 3 is 1.94 bits per heavy atom. The molecule has 0 radical (unpaired) electrons. The average molecular weight is 414 g/mol. The second kappa shape index (κ2) is 7.84. The molecule has 1 N–H and O–H groups in total. The first kappa shape index (κ1) is 19.1. The summed E-state index contributed by atoms with van der Waals surface area (Å²) in [5.74, 6) is 0. The molecule has 0 fully saturated rings. The van der Waals surface area contributed by atoms with E-state index in [1.54, 1.807) is 0 Å². The molecule has 0 amide bonds. The number of hydrogen-bond acceptors (Lipinski definition) is 1. The van der Waals surface area contributed by atoms with Crippen LogP contribution >= 0.6 is 0 Å². The number of allylic oxidation sites excluding steroid dienone is 2. The molecular weight excluding hydrogens is 386 g/mol. The van der Waals surface area contributed by atoms with Crippen LogP contribution in [0.1, 0.15) is 47.9 Å². The molecule has 0 saturated heterocycles. The van der Waals surface area contributed by atoms with Crippen molar-refractivity contribution in [1.29, 1.82) is 0 Å². The molecule has 0 unspecified atom stereocenters. The molecule has 0 spiro atoms. The Hall–Kier alpha value is -3.58. The minimum Gasteiger partial charge on any atom is -0.359 e. The fraction of sp³-hybridized carbons (Fsp3) is 0.161. The minimum atomic E-state index is -0.326. The van der Waals surface area contributed by atoms with Gasteiger partial charge in [0.1, 0.15) is 0 Å². The summed E-state index contributed by atoms with van der Waals surface area (Å²) in [6.45, 7) is 0. The van der Waals surface area contributed by atoms with Gasteiger partial charge in [0.05, 0.1) is 5.41 Å². The number of benzene rings is 4. The molecule has 0 aromatic heterocycles. The van der Waals surface area contributed by atoms with Crippen LogP contribution in [-0.4, -0.2) is 0 Å². The predicted octanol–water partition coefficient (Wildman–Crippen LogP) is 7.92. The van der Waals surface area contributed by atoms with Crippen LogP contribution < -0.4 is 5.32 Å². The number of nitrogens with one attached hydrogen (secondary N) is 1. The van der Waals surface area contributed by atoms with Crippen LogP contribution in [0.2, 0.25) is 0 Å². The zero-order chi connectivity index (χ0) is 21.4. The lowest BCUT2D eigenvalue weighted by Gasteiger charge is -2.34. The molecule has 0 saturated carbocycles. The van der Waals surface area contributed by atoms with E-state index in [9.17, 15) is 0 Å². The summed E-state index contributed by atoms with van der Waals surface area (Å²) in [6, 6.07) is 37.9. The van der Waals surface area contributed by atoms with Crippen molar-refractivity contribution in [3.8, 4) is 11.1 Å². The molecule has 0 atom stereocenters. The zero-order valence-corrected chi connectivity index (χ0v) is 18.2. The Bertz CT molecular complexity index is 1250. The monoisotopic (exact) mass is 413 g/mol. The average Bonchev–Trinajstić information content (AvgIpc) is 3.16. The fourth-order valence-corrected chi connectivity index (χ4v) is 5.66. The van der Waals surface area contributed by atoms with Crippen molar-refractivity contribution in [2.75, 3.05) is 5.32 Å². The molecule has 6 rings (SSSR count). The Morgan fingerprint density at radius 2 is 1.25 bits per heavy atom. The van der Waals surface area contributed by atoms with Gasteiger partial charge in [-0.1, -0.05) is 97.1 Å². The van der Waals surface area contributed by atoms with Crippen LogP contribution in [0.25, 0.3) is 11.1 Å². The van der Waals surface area contributed by atoms with E-state index in [-0.39, 0.29) is 5.41 Å². The van der Waals surface area contributed by atoms with Crippen molar-refractivity contribution in [2.24, 2.45) is 0 Å². The molecule has 2 aliphatic carbocycles. The topological polar surface area (TPSA) is 12.0 Å². The van der Waals surface area contributed by atoms with Gasteiger partial charge in [0.2, 0.25) is 0 Å². The summed E-state index contributed by atoms with van der Waals surface area (Å²) < 4.78 is 0. The molecule has 0 aliphatic heterocycles. The van der Waals surface area contributed by atoms with Crippen LogP contribution in [0, 0.1) is 0 Å². The molecule has 32 heavy (non-hydrogen) atoms. The van der Waals surface area contributed by atoms with Crippen LogP contribution in [-0.2, 0) is 5.41 Å². The minimum absolute atomic E-state index is 0.326. The van der Waals surface area contributed by atoms with Crippen molar-refractivity contribution >= 4 is 5.69 Å². The van der Waals surface area contributed by atoms with E-state index in [0.29, 0.717) is 0 Å². The van der Waals surface area contributed by atoms with Gasteiger partial charge in [-0.05, 0) is 71.2 Å². The number of hydrogen-bond donors (Lipinski definition) is 1. The van der Waals surface area contributed by atoms with Gasteiger partial charge in [-0.2, -0.15) is 0 Å². The van der Waals surface area contributed by atoms with Crippen molar-refractivity contribution in [3.63, 3.8) is 0 Å². The summed E-state index contributed by atoms with van der Waals surface area (Å²) in [4.78, 5) is 0. The highest BCUT2D eigenvalue weighted by Crippen LogP contribution is 2.56. The lowest BCUT2D eigenvalue weighted by atomic mass is 9.67. The number of anilines is 1. The SMILES string of the molecule is C1=C(Nc2ccc3c(c2)C(c2ccccc2)(c2ccccc2)c2ccccc2-3)CCCC1. The Morgan fingerprint density at radius 1 is 0.594 bits per heavy atom. The highest BCUT2D eigenvalue weighted by atomic mass is 14.9. The van der Waals surface area contributed by atoms with Gasteiger partial charge in [0.25, 0.3) is 0 Å². The van der Waals surface area contributed by atoms with E-state index in [4.69, 9.17) is 0 Å². The van der Waals surface area contributed by atoms with Crippen molar-refractivity contribution in [2.45, 2.75) is 31.1 Å². The quantitative estimate of drug-likeness (QED) is 0.315. The molecule has 4 aromatic rings. The number of rotatable bonds is 4. The van der Waals surface area contributed by atoms with Gasteiger partial charge in [-0.25, -0.2) is 0 Å². The van der Waals surface area contributed by atoms with E-state index in [0.717, 1.165) is 6.42 Å². The third-order valence-corrected chi connectivity index (χ3v) is 7.05. The van der Waals surface area contributed by atoms with Crippen LogP contribution in [0.4, 0.5) is 5.69 Å². The maximum atomic E-state index is 3.74. The maximum Gasteiger partial charge on any atom is 0.0714 e. The highest BCUT2D eigenvalue weighted by Gasteiger charge is 2.45. The summed E-state index contributed by atoms with van der Waals surface area (Å²) in [7, 11) is 0. The summed E-state index contributed by atoms with van der Waals surface area (Å²) in [5.41, 5.74) is 10.2. The van der Waals surface area contributed by atoms with Crippen LogP contribution in [0.3, 0.4) is 0 Å². The molecule has 1 nitrogen and oxygen atoms in total. The summed E-state index contributed by atoms with van der Waals surface area (Å²) in [5, 5.41) is 3.74. The van der Waals surface area contributed by atoms with Gasteiger partial charge in [0.15, 0.2) is 0 Å². The molecule has 2 aliphatic rings. The molecule has 0 bridgehead atoms. The van der Waals surface area contributed by atoms with Crippen molar-refractivity contribution in [3.05, 3.63) is 137 Å². The van der Waals surface area contributed by atoms with E-state index in [1.165, 1.54) is 64.0 Å². The lowest BCUT2D eigenvalue weighted by Crippen LogP contribution is -2.28. The smallest absolute Gasteiger partial charge is 0.0714 e. The van der Waals surface area contributed by atoms with Gasteiger partial charge < -0.3 is 5.32 Å². The third-order valence-electron chi connectivity index (χ3n) is 7.05. The second-order valence-electron chi connectivity index (χ2n) is 8.89. The Kier molecular flexibility index (Phi) is 4.69. The summed E-state index contributed by atoms with van der Waals surface area (Å²) in [6.07, 6.45) is 7.26. The zero-order valence-electron chi connectivity index (χ0n) is 18.2. The van der Waals surface area contributed by atoms with E-state index >= 15 is 0 Å². The molecule has 156 valence electrons. The van der Waals surface area contributed by atoms with E-state index in [2.05, 4.69) is 115 Å². The standard InChI is InChI=1S/C31H27N/c1-4-12-23(13-5-1)31(24-14-6-2-7-15-24)29-19-11-10-18-27(29)28-21-20-26(22-30(28)31)32-25-16-8-3-9-17-25/h1-2,4-7,10-16,18-22,32H,3,8-9,17H2. The first-order valence-corrected chi connectivity index (χ1v) is 11.7. The maximum absolute atomic E-state index is 3.74. The van der Waals surface area contributed by atoms with Crippen LogP contribution in [0.15, 0.2) is 115 Å². The lowest BCUT2D eigenvalue weighted by molar-refractivity contribution is 0.704. The largest absolute Gasteiger partial charge is 0.359 e. The number of fused-ring (bicyclic) bond motifs is 3. The highest BCUT2D eigenvalue weighted by molar-refractivity contribution is 5.87. The first-order chi connectivity index (χ1) is 15.9. The summed E-state index contributed by atoms with van der Waals surface area (Å²) >= 11 is 0. The van der Waals surface area contributed by atoms with Gasteiger partial charge in [0, 0.05) is 11.4 Å². The van der Waals surface area contributed by atoms with Crippen molar-refractivity contribution < 1.29 is 0 Å². The Balaban J connectivity index is 1.63. The third kappa shape index (κ3) is 2.92. The van der Waals surface area contributed by atoms with Gasteiger partial charge in [-0.3, -0.25) is 0 Å².